The molecule has 0 radical (unpaired) electrons. The molecule has 0 fully saturated rings. The number of ether oxygens (including phenoxy) is 1. The van der Waals surface area contributed by atoms with Crippen molar-refractivity contribution in [1.29, 1.82) is 0 Å². The highest BCUT2D eigenvalue weighted by Gasteiger charge is 2.15. The molecule has 0 atom stereocenters. The maximum absolute atomic E-state index is 12.5. The maximum Gasteiger partial charge on any atom is 0.336 e. The molecule has 3 aromatic rings. The van der Waals surface area contributed by atoms with Crippen LogP contribution in [0.2, 0.25) is 0 Å². The van der Waals surface area contributed by atoms with Gasteiger partial charge in [0.15, 0.2) is 0 Å². The molecular formula is C24H23NO4. The molecule has 0 heterocycles. The van der Waals surface area contributed by atoms with Crippen LogP contribution in [0.15, 0.2) is 72.8 Å². The number of carbonyl (C=O) groups excluding carboxylic acids is 1. The topological polar surface area (TPSA) is 75.6 Å². The molecule has 0 saturated carbocycles. The second-order valence-corrected chi connectivity index (χ2v) is 6.61. The fourth-order valence-electron chi connectivity index (χ4n) is 2.91. The first-order chi connectivity index (χ1) is 14.1. The summed E-state index contributed by atoms with van der Waals surface area (Å²) in [6.07, 6.45) is 2.10. The maximum atomic E-state index is 12.5. The third-order valence-electron chi connectivity index (χ3n) is 4.48. The number of anilines is 1. The molecule has 0 aromatic heterocycles. The van der Waals surface area contributed by atoms with Crippen molar-refractivity contribution in [3.63, 3.8) is 0 Å². The van der Waals surface area contributed by atoms with Gasteiger partial charge in [-0.25, -0.2) is 4.79 Å². The van der Waals surface area contributed by atoms with Crippen LogP contribution in [0.1, 0.15) is 40.5 Å². The fourth-order valence-corrected chi connectivity index (χ4v) is 2.91. The summed E-state index contributed by atoms with van der Waals surface area (Å²) >= 11 is 0. The molecule has 148 valence electrons. The number of carboxylic acid groups (broad SMARTS) is 1. The van der Waals surface area contributed by atoms with E-state index in [9.17, 15) is 14.7 Å². The van der Waals surface area contributed by atoms with Crippen LogP contribution in [-0.2, 0) is 0 Å². The van der Waals surface area contributed by atoms with E-state index in [0.29, 0.717) is 12.3 Å². The predicted octanol–water partition coefficient (Wildman–Crippen LogP) is 5.48. The summed E-state index contributed by atoms with van der Waals surface area (Å²) < 4.78 is 5.76. The Balaban J connectivity index is 1.72. The molecule has 0 aliphatic carbocycles. The highest BCUT2D eigenvalue weighted by atomic mass is 16.5. The van der Waals surface area contributed by atoms with Crippen molar-refractivity contribution >= 4 is 17.6 Å². The zero-order chi connectivity index (χ0) is 20.6. The van der Waals surface area contributed by atoms with Gasteiger partial charge in [-0.3, -0.25) is 4.79 Å². The molecule has 1 amide bonds. The van der Waals surface area contributed by atoms with Crippen LogP contribution in [0, 0.1) is 0 Å². The molecule has 29 heavy (non-hydrogen) atoms. The van der Waals surface area contributed by atoms with Crippen LogP contribution in [0.3, 0.4) is 0 Å². The average molecular weight is 389 g/mol. The third kappa shape index (κ3) is 5.23. The predicted molar refractivity (Wildman–Crippen MR) is 114 cm³/mol. The Morgan fingerprint density at radius 3 is 2.31 bits per heavy atom. The Morgan fingerprint density at radius 2 is 1.62 bits per heavy atom. The van der Waals surface area contributed by atoms with Crippen molar-refractivity contribution in [1.82, 2.24) is 0 Å². The van der Waals surface area contributed by atoms with Crippen LogP contribution in [0.25, 0.3) is 11.1 Å². The lowest BCUT2D eigenvalue weighted by molar-refractivity contribution is 0.0692. The van der Waals surface area contributed by atoms with Crippen LogP contribution in [0.5, 0.6) is 5.75 Å². The number of benzene rings is 3. The second-order valence-electron chi connectivity index (χ2n) is 6.61. The number of amides is 1. The first-order valence-corrected chi connectivity index (χ1v) is 9.55. The van der Waals surface area contributed by atoms with Crippen molar-refractivity contribution < 1.29 is 19.4 Å². The summed E-state index contributed by atoms with van der Waals surface area (Å²) in [6.45, 7) is 2.82. The van der Waals surface area contributed by atoms with Gasteiger partial charge in [-0.15, -0.1) is 0 Å². The highest BCUT2D eigenvalue weighted by molar-refractivity contribution is 6.10. The Morgan fingerprint density at radius 1 is 0.897 bits per heavy atom. The summed E-state index contributed by atoms with van der Waals surface area (Å²) in [5, 5.41) is 12.0. The first-order valence-electron chi connectivity index (χ1n) is 9.55. The Labute approximate surface area is 170 Å². The summed E-state index contributed by atoms with van der Waals surface area (Å²) in [5.41, 5.74) is 2.71. The minimum atomic E-state index is -1.13. The van der Waals surface area contributed by atoms with E-state index >= 15 is 0 Å². The van der Waals surface area contributed by atoms with E-state index in [0.717, 1.165) is 29.7 Å². The molecule has 0 spiro atoms. The van der Waals surface area contributed by atoms with Gasteiger partial charge in [-0.05, 0) is 53.9 Å². The number of hydrogen-bond donors (Lipinski definition) is 2. The molecule has 5 heteroatoms. The van der Waals surface area contributed by atoms with E-state index in [-0.39, 0.29) is 11.1 Å². The minimum Gasteiger partial charge on any atom is -0.494 e. The largest absolute Gasteiger partial charge is 0.494 e. The number of aromatic carboxylic acids is 1. The van der Waals surface area contributed by atoms with Crippen molar-refractivity contribution in [2.45, 2.75) is 19.8 Å². The molecule has 5 nitrogen and oxygen atoms in total. The zero-order valence-corrected chi connectivity index (χ0v) is 16.2. The monoisotopic (exact) mass is 389 g/mol. The van der Waals surface area contributed by atoms with E-state index in [1.54, 1.807) is 24.3 Å². The van der Waals surface area contributed by atoms with E-state index in [2.05, 4.69) is 12.2 Å². The number of nitrogens with one attached hydrogen (secondary N) is 1. The smallest absolute Gasteiger partial charge is 0.336 e. The Kier molecular flexibility index (Phi) is 6.63. The Hall–Kier alpha value is -3.60. The average Bonchev–Trinajstić information content (AvgIpc) is 2.74. The molecule has 0 aliphatic rings. The van der Waals surface area contributed by atoms with Crippen LogP contribution >= 0.6 is 0 Å². The second kappa shape index (κ2) is 9.55. The van der Waals surface area contributed by atoms with Crippen LogP contribution in [-0.4, -0.2) is 23.6 Å². The quantitative estimate of drug-likeness (QED) is 0.500. The van der Waals surface area contributed by atoms with Crippen molar-refractivity contribution in [2.24, 2.45) is 0 Å². The van der Waals surface area contributed by atoms with Gasteiger partial charge in [0, 0.05) is 5.69 Å². The van der Waals surface area contributed by atoms with Crippen molar-refractivity contribution in [3.8, 4) is 16.9 Å². The van der Waals surface area contributed by atoms with Gasteiger partial charge < -0.3 is 15.2 Å². The SMILES string of the molecule is CCCCOc1cccc(-c2ccc(NC(=O)c3ccccc3C(=O)O)cc2)c1. The lowest BCUT2D eigenvalue weighted by atomic mass is 10.0. The highest BCUT2D eigenvalue weighted by Crippen LogP contribution is 2.25. The Bertz CT molecular complexity index is 996. The summed E-state index contributed by atoms with van der Waals surface area (Å²) in [5.74, 6) is -0.757. The van der Waals surface area contributed by atoms with Gasteiger partial charge in [-0.2, -0.15) is 0 Å². The minimum absolute atomic E-state index is 0.0264. The van der Waals surface area contributed by atoms with Crippen molar-refractivity contribution in [3.05, 3.63) is 83.9 Å². The molecular weight excluding hydrogens is 366 g/mol. The standard InChI is InChI=1S/C24H23NO4/c1-2-3-15-29-20-8-6-7-18(16-20)17-11-13-19(14-12-17)25-23(26)21-9-4-5-10-22(21)24(27)28/h4-14,16H,2-3,15H2,1H3,(H,25,26)(H,27,28). The zero-order valence-electron chi connectivity index (χ0n) is 16.2. The summed E-state index contributed by atoms with van der Waals surface area (Å²) in [7, 11) is 0. The van der Waals surface area contributed by atoms with Crippen molar-refractivity contribution in [2.75, 3.05) is 11.9 Å². The first kappa shape index (κ1) is 20.1. The number of carboxylic acids is 1. The van der Waals surface area contributed by atoms with E-state index in [1.165, 1.54) is 12.1 Å². The van der Waals surface area contributed by atoms with E-state index in [1.807, 2.05) is 36.4 Å². The van der Waals surface area contributed by atoms with Gasteiger partial charge in [0.25, 0.3) is 5.91 Å². The molecule has 0 aliphatic heterocycles. The molecule has 0 unspecified atom stereocenters. The molecule has 3 rings (SSSR count). The lowest BCUT2D eigenvalue weighted by Gasteiger charge is -2.10. The summed E-state index contributed by atoms with van der Waals surface area (Å²) in [6, 6.07) is 21.4. The van der Waals surface area contributed by atoms with Gasteiger partial charge in [-0.1, -0.05) is 49.7 Å². The van der Waals surface area contributed by atoms with Gasteiger partial charge in [0.05, 0.1) is 17.7 Å². The fraction of sp³-hybridized carbons (Fsp3) is 0.167. The van der Waals surface area contributed by atoms with Gasteiger partial charge in [0.2, 0.25) is 0 Å². The summed E-state index contributed by atoms with van der Waals surface area (Å²) in [4.78, 5) is 23.8. The molecule has 0 bridgehead atoms. The normalized spacial score (nSPS) is 10.4. The third-order valence-corrected chi connectivity index (χ3v) is 4.48. The van der Waals surface area contributed by atoms with Gasteiger partial charge in [0.1, 0.15) is 5.75 Å². The lowest BCUT2D eigenvalue weighted by Crippen LogP contribution is -2.16. The number of carbonyl (C=O) groups is 2. The number of rotatable bonds is 8. The van der Waals surface area contributed by atoms with Crippen LogP contribution in [0.4, 0.5) is 5.69 Å². The van der Waals surface area contributed by atoms with E-state index in [4.69, 9.17) is 4.74 Å². The number of hydrogen-bond acceptors (Lipinski definition) is 3. The molecule has 0 saturated heterocycles. The van der Waals surface area contributed by atoms with Crippen LogP contribution < -0.4 is 10.1 Å². The van der Waals surface area contributed by atoms with E-state index < -0.39 is 11.9 Å². The van der Waals surface area contributed by atoms with Gasteiger partial charge >= 0.3 is 5.97 Å². The molecule has 2 N–H and O–H groups in total. The number of unbranched alkanes of at least 4 members (excludes halogenated alkanes) is 1. The molecule has 3 aromatic carbocycles.